The fourth-order valence-corrected chi connectivity index (χ4v) is 4.21. The number of nitriles is 1. The predicted molar refractivity (Wildman–Crippen MR) is 104 cm³/mol. The molecular weight excluding hydrogens is 388 g/mol. The van der Waals surface area contributed by atoms with Gasteiger partial charge in [0.2, 0.25) is 11.6 Å². The van der Waals surface area contributed by atoms with E-state index in [0.717, 1.165) is 12.8 Å². The summed E-state index contributed by atoms with van der Waals surface area (Å²) < 4.78 is 5.37. The van der Waals surface area contributed by atoms with Gasteiger partial charge in [0.25, 0.3) is 11.8 Å². The summed E-state index contributed by atoms with van der Waals surface area (Å²) in [6.07, 6.45) is 1.90. The van der Waals surface area contributed by atoms with Gasteiger partial charge in [0, 0.05) is 32.5 Å². The van der Waals surface area contributed by atoms with Gasteiger partial charge in [-0.1, -0.05) is 12.1 Å². The second-order valence-electron chi connectivity index (χ2n) is 7.77. The quantitative estimate of drug-likeness (QED) is 0.648. The second-order valence-corrected chi connectivity index (χ2v) is 7.77. The summed E-state index contributed by atoms with van der Waals surface area (Å²) in [5.41, 5.74) is -0.776. The summed E-state index contributed by atoms with van der Waals surface area (Å²) in [4.78, 5) is 55.9. The van der Waals surface area contributed by atoms with Gasteiger partial charge in [0.05, 0.1) is 23.7 Å². The van der Waals surface area contributed by atoms with Crippen LogP contribution < -0.4 is 4.90 Å². The van der Waals surface area contributed by atoms with E-state index in [-0.39, 0.29) is 43.7 Å². The van der Waals surface area contributed by atoms with Gasteiger partial charge in [-0.25, -0.2) is 4.79 Å². The van der Waals surface area contributed by atoms with Gasteiger partial charge in [-0.15, -0.1) is 0 Å². The summed E-state index contributed by atoms with van der Waals surface area (Å²) in [7, 11) is 1.52. The number of anilines is 1. The van der Waals surface area contributed by atoms with E-state index in [1.165, 1.54) is 21.7 Å². The first kappa shape index (κ1) is 19.9. The van der Waals surface area contributed by atoms with Gasteiger partial charge in [0.1, 0.15) is 0 Å². The first-order valence-corrected chi connectivity index (χ1v) is 9.95. The zero-order chi connectivity index (χ0) is 21.5. The molecule has 1 atom stereocenters. The van der Waals surface area contributed by atoms with Crippen molar-refractivity contribution in [2.45, 2.75) is 43.8 Å². The highest BCUT2D eigenvalue weighted by Gasteiger charge is 2.64. The minimum atomic E-state index is -1.56. The number of esters is 1. The van der Waals surface area contributed by atoms with Crippen LogP contribution in [-0.2, 0) is 19.1 Å². The predicted octanol–water partition coefficient (Wildman–Crippen LogP) is 1.04. The number of likely N-dealkylation sites (N-methyl/N-ethyl adjacent to an activating group) is 1. The molecule has 4 rings (SSSR count). The zero-order valence-electron chi connectivity index (χ0n) is 16.7. The topological polar surface area (TPSA) is 111 Å². The maximum atomic E-state index is 13.4. The normalized spacial score (nSPS) is 22.3. The highest BCUT2D eigenvalue weighted by molar-refractivity contribution is 6.15. The first-order chi connectivity index (χ1) is 14.4. The molecule has 30 heavy (non-hydrogen) atoms. The van der Waals surface area contributed by atoms with E-state index in [0.29, 0.717) is 11.3 Å². The zero-order valence-corrected chi connectivity index (χ0v) is 16.7. The van der Waals surface area contributed by atoms with Crippen LogP contribution in [0.5, 0.6) is 0 Å². The van der Waals surface area contributed by atoms with E-state index in [9.17, 15) is 19.2 Å². The van der Waals surface area contributed by atoms with Crippen LogP contribution in [0.4, 0.5) is 5.69 Å². The summed E-state index contributed by atoms with van der Waals surface area (Å²) in [5, 5.41) is 8.66. The molecule has 2 fully saturated rings. The SMILES string of the molecule is CN(CCC#N)C(=O)COC(=O)[C@]12CCC(=O)N1c1ccccc1C(=O)N2C1CC1. The average Bonchev–Trinajstić information content (AvgIpc) is 3.52. The fraction of sp³-hybridized carbons (Fsp3) is 0.476. The Morgan fingerprint density at radius 3 is 2.73 bits per heavy atom. The number of ether oxygens (including phenoxy) is 1. The molecule has 3 amide bonds. The van der Waals surface area contributed by atoms with Crippen molar-refractivity contribution in [2.24, 2.45) is 0 Å². The van der Waals surface area contributed by atoms with E-state index < -0.39 is 24.1 Å². The number of carbonyl (C=O) groups excluding carboxylic acids is 4. The van der Waals surface area contributed by atoms with Crippen molar-refractivity contribution in [2.75, 3.05) is 25.1 Å². The van der Waals surface area contributed by atoms with Crippen LogP contribution in [0.2, 0.25) is 0 Å². The molecule has 1 aliphatic carbocycles. The number of hydrogen-bond donors (Lipinski definition) is 0. The number of para-hydroxylation sites is 1. The number of hydrogen-bond acceptors (Lipinski definition) is 6. The Hall–Kier alpha value is -3.41. The van der Waals surface area contributed by atoms with Crippen LogP contribution in [0, 0.1) is 11.3 Å². The summed E-state index contributed by atoms with van der Waals surface area (Å²) in [6.45, 7) is -0.290. The van der Waals surface area contributed by atoms with Crippen molar-refractivity contribution >= 4 is 29.4 Å². The van der Waals surface area contributed by atoms with E-state index in [4.69, 9.17) is 10.00 Å². The molecule has 0 aromatic heterocycles. The highest BCUT2D eigenvalue weighted by atomic mass is 16.5. The van der Waals surface area contributed by atoms with E-state index in [1.807, 2.05) is 6.07 Å². The third-order valence-corrected chi connectivity index (χ3v) is 5.85. The van der Waals surface area contributed by atoms with E-state index in [2.05, 4.69) is 0 Å². The molecule has 2 heterocycles. The monoisotopic (exact) mass is 410 g/mol. The van der Waals surface area contributed by atoms with Gasteiger partial charge in [-0.3, -0.25) is 19.3 Å². The molecule has 9 nitrogen and oxygen atoms in total. The summed E-state index contributed by atoms with van der Waals surface area (Å²) in [5.74, 6) is -1.78. The van der Waals surface area contributed by atoms with Crippen molar-refractivity contribution in [1.82, 2.24) is 9.80 Å². The number of benzene rings is 1. The molecule has 2 aliphatic heterocycles. The Bertz CT molecular complexity index is 966. The molecule has 3 aliphatic rings. The lowest BCUT2D eigenvalue weighted by atomic mass is 9.96. The highest BCUT2D eigenvalue weighted by Crippen LogP contribution is 2.49. The Balaban J connectivity index is 1.65. The van der Waals surface area contributed by atoms with Gasteiger partial charge in [0.15, 0.2) is 6.61 Å². The lowest BCUT2D eigenvalue weighted by Gasteiger charge is -2.48. The molecule has 0 radical (unpaired) electrons. The molecule has 0 N–H and O–H groups in total. The lowest BCUT2D eigenvalue weighted by Crippen LogP contribution is -2.69. The van der Waals surface area contributed by atoms with Crippen LogP contribution in [0.15, 0.2) is 24.3 Å². The van der Waals surface area contributed by atoms with Crippen molar-refractivity contribution in [1.29, 1.82) is 5.26 Å². The molecule has 0 bridgehead atoms. The Morgan fingerprint density at radius 1 is 1.30 bits per heavy atom. The first-order valence-electron chi connectivity index (χ1n) is 9.95. The van der Waals surface area contributed by atoms with Gasteiger partial charge >= 0.3 is 5.97 Å². The molecule has 9 heteroatoms. The number of rotatable bonds is 6. The molecule has 0 spiro atoms. The van der Waals surface area contributed by atoms with Crippen LogP contribution in [0.25, 0.3) is 0 Å². The molecule has 0 unspecified atom stereocenters. The van der Waals surface area contributed by atoms with Crippen molar-refractivity contribution in [3.63, 3.8) is 0 Å². The smallest absolute Gasteiger partial charge is 0.354 e. The Kier molecular flexibility index (Phi) is 4.94. The largest absolute Gasteiger partial charge is 0.452 e. The number of nitrogens with zero attached hydrogens (tertiary/aromatic N) is 4. The number of carbonyl (C=O) groups is 4. The molecule has 1 aromatic rings. The number of fused-ring (bicyclic) bond motifs is 3. The number of amides is 3. The van der Waals surface area contributed by atoms with Crippen molar-refractivity contribution in [3.05, 3.63) is 29.8 Å². The lowest BCUT2D eigenvalue weighted by molar-refractivity contribution is -0.162. The minimum absolute atomic E-state index is 0.107. The van der Waals surface area contributed by atoms with Crippen LogP contribution in [0.3, 0.4) is 0 Å². The Labute approximate surface area is 173 Å². The maximum Gasteiger partial charge on any atom is 0.354 e. The van der Waals surface area contributed by atoms with E-state index >= 15 is 0 Å². The summed E-state index contributed by atoms with van der Waals surface area (Å²) >= 11 is 0. The van der Waals surface area contributed by atoms with Gasteiger partial charge in [-0.05, 0) is 25.0 Å². The maximum absolute atomic E-state index is 13.4. The Morgan fingerprint density at radius 2 is 2.03 bits per heavy atom. The molecule has 156 valence electrons. The third kappa shape index (κ3) is 3.00. The third-order valence-electron chi connectivity index (χ3n) is 5.85. The van der Waals surface area contributed by atoms with Crippen LogP contribution >= 0.6 is 0 Å². The molecule has 1 saturated heterocycles. The van der Waals surface area contributed by atoms with Gasteiger partial charge < -0.3 is 14.5 Å². The van der Waals surface area contributed by atoms with Crippen molar-refractivity contribution < 1.29 is 23.9 Å². The van der Waals surface area contributed by atoms with Crippen LogP contribution in [-0.4, -0.2) is 65.4 Å². The fourth-order valence-electron chi connectivity index (χ4n) is 4.21. The molecular formula is C21H22N4O5. The minimum Gasteiger partial charge on any atom is -0.452 e. The van der Waals surface area contributed by atoms with Gasteiger partial charge in [-0.2, -0.15) is 5.26 Å². The molecule has 1 saturated carbocycles. The molecule has 1 aromatic carbocycles. The van der Waals surface area contributed by atoms with E-state index in [1.54, 1.807) is 24.3 Å². The van der Waals surface area contributed by atoms with Crippen molar-refractivity contribution in [3.8, 4) is 6.07 Å². The average molecular weight is 410 g/mol. The van der Waals surface area contributed by atoms with Crippen LogP contribution in [0.1, 0.15) is 42.5 Å². The standard InChI is InChI=1S/C21H22N4O5/c1-23(12-4-11-22)18(27)13-30-20(29)21-10-9-17(26)25(21)16-6-3-2-5-15(16)19(28)24(21)14-7-8-14/h2-3,5-6,14H,4,7-10,12-13H2,1H3/t21-/m0/s1. The second kappa shape index (κ2) is 7.44. The summed E-state index contributed by atoms with van der Waals surface area (Å²) in [6, 6.07) is 8.57.